The van der Waals surface area contributed by atoms with Crippen LogP contribution < -0.4 is 9.78 Å². The van der Waals surface area contributed by atoms with E-state index < -0.39 is 0 Å². The van der Waals surface area contributed by atoms with Crippen molar-refractivity contribution in [3.05, 3.63) is 47.6 Å². The molecule has 1 aromatic carbocycles. The average molecular weight is 212 g/mol. The van der Waals surface area contributed by atoms with E-state index in [4.69, 9.17) is 9.78 Å². The summed E-state index contributed by atoms with van der Waals surface area (Å²) in [5, 5.41) is 4.43. The Morgan fingerprint density at radius 1 is 1.12 bits per heavy atom. The maximum absolute atomic E-state index is 4.88. The number of hydrogen-bond donors (Lipinski definition) is 0. The first-order chi connectivity index (χ1) is 7.93. The van der Waals surface area contributed by atoms with Crippen molar-refractivity contribution in [1.82, 2.24) is 0 Å². The van der Waals surface area contributed by atoms with Crippen molar-refractivity contribution in [1.29, 1.82) is 0 Å². The van der Waals surface area contributed by atoms with Crippen molar-refractivity contribution in [2.45, 2.75) is 6.42 Å². The normalized spacial score (nSPS) is 15.6. The molecule has 2 aliphatic rings. The fourth-order valence-electron chi connectivity index (χ4n) is 1.54. The Hall–Kier alpha value is -2.18. The second-order valence-electron chi connectivity index (χ2n) is 3.44. The minimum Gasteiger partial charge on any atom is -0.295 e. The minimum absolute atomic E-state index is 0.543. The number of para-hydroxylation sites is 1. The zero-order valence-corrected chi connectivity index (χ0v) is 8.40. The number of hydrogen-bond acceptors (Lipinski definition) is 3. The SMILES string of the molecule is C(#Cc1cccc2c1OOO2)C1=CC=CC1. The quantitative estimate of drug-likeness (QED) is 0.488. The van der Waals surface area contributed by atoms with Crippen LogP contribution in [0.1, 0.15) is 12.0 Å². The van der Waals surface area contributed by atoms with Crippen LogP contribution in [0.5, 0.6) is 11.5 Å². The van der Waals surface area contributed by atoms with Crippen LogP contribution in [0.4, 0.5) is 0 Å². The van der Waals surface area contributed by atoms with Crippen molar-refractivity contribution in [2.75, 3.05) is 0 Å². The Morgan fingerprint density at radius 2 is 2.12 bits per heavy atom. The summed E-state index contributed by atoms with van der Waals surface area (Å²) >= 11 is 0. The van der Waals surface area contributed by atoms with Crippen LogP contribution in [-0.2, 0) is 5.04 Å². The van der Waals surface area contributed by atoms with Crippen LogP contribution in [0, 0.1) is 11.8 Å². The second kappa shape index (κ2) is 3.76. The summed E-state index contributed by atoms with van der Waals surface area (Å²) in [6, 6.07) is 5.49. The Bertz CT molecular complexity index is 544. The van der Waals surface area contributed by atoms with Crippen LogP contribution >= 0.6 is 0 Å². The highest BCUT2D eigenvalue weighted by atomic mass is 17.5. The third kappa shape index (κ3) is 1.56. The smallest absolute Gasteiger partial charge is 0.231 e. The molecule has 0 fully saturated rings. The maximum Gasteiger partial charge on any atom is 0.231 e. The molecule has 1 heterocycles. The van der Waals surface area contributed by atoms with Gasteiger partial charge < -0.3 is 0 Å². The van der Waals surface area contributed by atoms with E-state index in [1.165, 1.54) is 0 Å². The molecule has 3 nitrogen and oxygen atoms in total. The van der Waals surface area contributed by atoms with Crippen LogP contribution in [0.15, 0.2) is 42.0 Å². The van der Waals surface area contributed by atoms with E-state index in [1.807, 2.05) is 24.3 Å². The van der Waals surface area contributed by atoms with E-state index in [1.54, 1.807) is 6.07 Å². The van der Waals surface area contributed by atoms with Gasteiger partial charge in [-0.2, -0.15) is 0 Å². The zero-order chi connectivity index (χ0) is 10.8. The first kappa shape index (κ1) is 9.08. The molecular formula is C13H8O3. The molecule has 16 heavy (non-hydrogen) atoms. The molecule has 3 heteroatoms. The molecule has 0 unspecified atom stereocenters. The molecule has 0 atom stereocenters. The average Bonchev–Trinajstić information content (AvgIpc) is 2.97. The Morgan fingerprint density at radius 3 is 3.00 bits per heavy atom. The zero-order valence-electron chi connectivity index (χ0n) is 8.40. The lowest BCUT2D eigenvalue weighted by Crippen LogP contribution is -1.89. The van der Waals surface area contributed by atoms with Crippen molar-refractivity contribution >= 4 is 0 Å². The van der Waals surface area contributed by atoms with Crippen LogP contribution in [0.25, 0.3) is 0 Å². The van der Waals surface area contributed by atoms with E-state index in [9.17, 15) is 0 Å². The van der Waals surface area contributed by atoms with E-state index in [0.29, 0.717) is 11.5 Å². The van der Waals surface area contributed by atoms with Crippen molar-refractivity contribution in [3.63, 3.8) is 0 Å². The van der Waals surface area contributed by atoms with Crippen molar-refractivity contribution < 1.29 is 14.8 Å². The third-order valence-corrected chi connectivity index (χ3v) is 2.35. The molecule has 1 aliphatic carbocycles. The first-order valence-electron chi connectivity index (χ1n) is 4.95. The van der Waals surface area contributed by atoms with Gasteiger partial charge in [0.25, 0.3) is 0 Å². The van der Waals surface area contributed by atoms with Gasteiger partial charge in [0.15, 0.2) is 0 Å². The molecule has 0 saturated carbocycles. The van der Waals surface area contributed by atoms with Gasteiger partial charge in [-0.15, -0.1) is 0 Å². The predicted molar refractivity (Wildman–Crippen MR) is 57.5 cm³/mol. The van der Waals surface area contributed by atoms with E-state index >= 15 is 0 Å². The predicted octanol–water partition coefficient (Wildman–Crippen LogP) is 2.54. The molecule has 0 spiro atoms. The molecule has 0 aromatic heterocycles. The molecule has 0 amide bonds. The number of benzene rings is 1. The lowest BCUT2D eigenvalue weighted by Gasteiger charge is -1.93. The molecule has 0 saturated heterocycles. The largest absolute Gasteiger partial charge is 0.295 e. The molecule has 78 valence electrons. The van der Waals surface area contributed by atoms with Gasteiger partial charge in [-0.25, -0.2) is 0 Å². The summed E-state index contributed by atoms with van der Waals surface area (Å²) in [7, 11) is 0. The summed E-state index contributed by atoms with van der Waals surface area (Å²) in [5.74, 6) is 7.23. The monoisotopic (exact) mass is 212 g/mol. The maximum atomic E-state index is 4.88. The van der Waals surface area contributed by atoms with E-state index in [0.717, 1.165) is 17.6 Å². The summed E-state index contributed by atoms with van der Waals surface area (Å²) < 4.78 is 0. The topological polar surface area (TPSA) is 27.7 Å². The summed E-state index contributed by atoms with van der Waals surface area (Å²) in [5.41, 5.74) is 1.86. The molecule has 3 rings (SSSR count). The van der Waals surface area contributed by atoms with Gasteiger partial charge in [0, 0.05) is 10.6 Å². The van der Waals surface area contributed by atoms with Gasteiger partial charge in [0.1, 0.15) is 0 Å². The minimum atomic E-state index is 0.543. The standard InChI is InChI=1S/C13H8O3/c1-2-5-10(4-1)8-9-11-6-3-7-12-13(11)15-16-14-12/h1-4,6-7H,5H2. The fraction of sp³-hybridized carbons (Fsp3) is 0.0769. The highest BCUT2D eigenvalue weighted by molar-refractivity contribution is 5.56. The molecule has 1 aromatic rings. The van der Waals surface area contributed by atoms with Crippen LogP contribution in [0.2, 0.25) is 0 Å². The van der Waals surface area contributed by atoms with Gasteiger partial charge in [-0.1, -0.05) is 36.1 Å². The van der Waals surface area contributed by atoms with Gasteiger partial charge in [0.05, 0.1) is 5.56 Å². The molecule has 0 N–H and O–H groups in total. The summed E-state index contributed by atoms with van der Waals surface area (Å²) in [6.07, 6.45) is 6.98. The Kier molecular flexibility index (Phi) is 2.13. The van der Waals surface area contributed by atoms with Gasteiger partial charge in [-0.05, 0) is 18.6 Å². The number of rotatable bonds is 0. The third-order valence-electron chi connectivity index (χ3n) is 2.35. The van der Waals surface area contributed by atoms with E-state index in [2.05, 4.69) is 23.0 Å². The van der Waals surface area contributed by atoms with Gasteiger partial charge >= 0.3 is 0 Å². The summed E-state index contributed by atoms with van der Waals surface area (Å²) in [6.45, 7) is 0. The molecule has 0 radical (unpaired) electrons. The van der Waals surface area contributed by atoms with Crippen LogP contribution in [-0.4, -0.2) is 0 Å². The van der Waals surface area contributed by atoms with E-state index in [-0.39, 0.29) is 0 Å². The van der Waals surface area contributed by atoms with Crippen molar-refractivity contribution in [3.8, 4) is 23.3 Å². The Labute approximate surface area is 92.8 Å². The second-order valence-corrected chi connectivity index (χ2v) is 3.44. The highest BCUT2D eigenvalue weighted by Crippen LogP contribution is 2.35. The highest BCUT2D eigenvalue weighted by Gasteiger charge is 2.19. The number of fused-ring (bicyclic) bond motifs is 1. The molecular weight excluding hydrogens is 204 g/mol. The molecule has 0 bridgehead atoms. The Balaban J connectivity index is 1.93. The first-order valence-corrected chi connectivity index (χ1v) is 4.95. The number of allylic oxidation sites excluding steroid dienone is 4. The lowest BCUT2D eigenvalue weighted by molar-refractivity contribution is -0.384. The van der Waals surface area contributed by atoms with Crippen LogP contribution in [0.3, 0.4) is 0 Å². The van der Waals surface area contributed by atoms with Crippen molar-refractivity contribution in [2.24, 2.45) is 0 Å². The molecule has 1 aliphatic heterocycles. The van der Waals surface area contributed by atoms with Gasteiger partial charge in [-0.3, -0.25) is 9.78 Å². The van der Waals surface area contributed by atoms with Gasteiger partial charge in [0.2, 0.25) is 11.5 Å². The summed E-state index contributed by atoms with van der Waals surface area (Å²) in [4.78, 5) is 9.68. The lowest BCUT2D eigenvalue weighted by atomic mass is 10.1. The fourth-order valence-corrected chi connectivity index (χ4v) is 1.54.